The Morgan fingerprint density at radius 2 is 1.72 bits per heavy atom. The summed E-state index contributed by atoms with van der Waals surface area (Å²) in [4.78, 5) is 18.4. The van der Waals surface area contributed by atoms with E-state index in [4.69, 9.17) is 14.7 Å². The summed E-state index contributed by atoms with van der Waals surface area (Å²) >= 11 is 1.73. The van der Waals surface area contributed by atoms with E-state index >= 15 is 0 Å². The molecule has 29 heavy (non-hydrogen) atoms. The summed E-state index contributed by atoms with van der Waals surface area (Å²) in [5, 5.41) is 3.45. The van der Waals surface area contributed by atoms with Crippen molar-refractivity contribution in [1.82, 2.24) is 19.8 Å². The highest BCUT2D eigenvalue weighted by molar-refractivity contribution is 7.17. The average Bonchev–Trinajstić information content (AvgIpc) is 3.19. The first-order chi connectivity index (χ1) is 14.3. The second-order valence-corrected chi connectivity index (χ2v) is 8.70. The quantitative estimate of drug-likeness (QED) is 0.660. The van der Waals surface area contributed by atoms with Crippen LogP contribution in [-0.4, -0.2) is 79.3 Å². The summed E-state index contributed by atoms with van der Waals surface area (Å²) in [6.07, 6.45) is 0. The molecule has 0 amide bonds. The van der Waals surface area contributed by atoms with Crippen LogP contribution in [0.4, 0.5) is 5.82 Å². The number of likely N-dealkylation sites (N-methyl/N-ethyl adjacent to an activating group) is 1. The van der Waals surface area contributed by atoms with Crippen molar-refractivity contribution >= 4 is 27.4 Å². The molecule has 0 unspecified atom stereocenters. The molecule has 0 N–H and O–H groups in total. The van der Waals surface area contributed by atoms with Gasteiger partial charge in [-0.05, 0) is 12.6 Å². The van der Waals surface area contributed by atoms with Crippen LogP contribution in [0.15, 0.2) is 35.7 Å². The lowest BCUT2D eigenvalue weighted by molar-refractivity contribution is 0.0331. The van der Waals surface area contributed by atoms with Crippen molar-refractivity contribution in [1.29, 1.82) is 0 Å². The number of fused-ring (bicyclic) bond motifs is 1. The number of hydrogen-bond acceptors (Lipinski definition) is 7. The molecule has 2 saturated heterocycles. The Hall–Kier alpha value is -2.06. The molecule has 5 rings (SSSR count). The minimum atomic E-state index is 0.790. The molecule has 2 aliphatic rings. The molecule has 7 heteroatoms. The molecular weight excluding hydrogens is 382 g/mol. The van der Waals surface area contributed by atoms with Gasteiger partial charge in [-0.3, -0.25) is 4.90 Å². The fraction of sp³-hybridized carbons (Fsp3) is 0.455. The molecular formula is C22H27N5OS. The Bertz CT molecular complexity index is 962. The number of rotatable bonds is 4. The normalized spacial score (nSPS) is 19.1. The first-order valence-electron chi connectivity index (χ1n) is 10.3. The standard InChI is InChI=1S/C22H27N5OS/c1-25-7-9-27(10-8-25)21-20-18(17-5-3-2-4-6-17)16-29-22(20)24-19(23-21)15-26-11-13-28-14-12-26/h2-6,16H,7-15H2,1H3. The molecule has 3 aromatic rings. The lowest BCUT2D eigenvalue weighted by Crippen LogP contribution is -2.45. The van der Waals surface area contributed by atoms with Crippen molar-refractivity contribution < 1.29 is 4.74 Å². The van der Waals surface area contributed by atoms with Crippen LogP contribution in [-0.2, 0) is 11.3 Å². The fourth-order valence-corrected chi connectivity index (χ4v) is 5.03. The van der Waals surface area contributed by atoms with Gasteiger partial charge >= 0.3 is 0 Å². The highest BCUT2D eigenvalue weighted by atomic mass is 32.1. The number of piperazine rings is 1. The van der Waals surface area contributed by atoms with Gasteiger partial charge in [0.15, 0.2) is 0 Å². The topological polar surface area (TPSA) is 44.7 Å². The summed E-state index contributed by atoms with van der Waals surface area (Å²) in [7, 11) is 2.19. The van der Waals surface area contributed by atoms with Gasteiger partial charge in [-0.25, -0.2) is 9.97 Å². The van der Waals surface area contributed by atoms with Gasteiger partial charge in [0.25, 0.3) is 0 Å². The largest absolute Gasteiger partial charge is 0.379 e. The highest BCUT2D eigenvalue weighted by Crippen LogP contribution is 2.38. The van der Waals surface area contributed by atoms with E-state index < -0.39 is 0 Å². The predicted molar refractivity (Wildman–Crippen MR) is 119 cm³/mol. The highest BCUT2D eigenvalue weighted by Gasteiger charge is 2.23. The number of benzene rings is 1. The molecule has 0 atom stereocenters. The third kappa shape index (κ3) is 4.00. The first-order valence-corrected chi connectivity index (χ1v) is 11.2. The zero-order valence-corrected chi connectivity index (χ0v) is 17.7. The molecule has 0 radical (unpaired) electrons. The molecule has 0 spiro atoms. The molecule has 4 heterocycles. The van der Waals surface area contributed by atoms with Crippen molar-refractivity contribution in [2.75, 3.05) is 64.4 Å². The maximum atomic E-state index is 5.50. The van der Waals surface area contributed by atoms with Crippen molar-refractivity contribution in [3.63, 3.8) is 0 Å². The van der Waals surface area contributed by atoms with Gasteiger partial charge in [0, 0.05) is 50.2 Å². The second-order valence-electron chi connectivity index (χ2n) is 7.84. The molecule has 0 saturated carbocycles. The van der Waals surface area contributed by atoms with Gasteiger partial charge in [0.05, 0.1) is 25.1 Å². The molecule has 1 aromatic carbocycles. The second kappa shape index (κ2) is 8.36. The molecule has 0 bridgehead atoms. The molecule has 152 valence electrons. The van der Waals surface area contributed by atoms with E-state index in [9.17, 15) is 0 Å². The molecule has 2 fully saturated rings. The van der Waals surface area contributed by atoms with Crippen LogP contribution in [0, 0.1) is 0 Å². The van der Waals surface area contributed by atoms with Crippen molar-refractivity contribution in [3.05, 3.63) is 41.5 Å². The zero-order valence-electron chi connectivity index (χ0n) is 16.9. The van der Waals surface area contributed by atoms with E-state index in [0.29, 0.717) is 0 Å². The van der Waals surface area contributed by atoms with Crippen molar-refractivity contribution in [2.24, 2.45) is 0 Å². The number of aromatic nitrogens is 2. The van der Waals surface area contributed by atoms with Gasteiger partial charge in [-0.15, -0.1) is 11.3 Å². The lowest BCUT2D eigenvalue weighted by atomic mass is 10.1. The molecule has 0 aliphatic carbocycles. The lowest BCUT2D eigenvalue weighted by Gasteiger charge is -2.34. The van der Waals surface area contributed by atoms with Gasteiger partial charge < -0.3 is 14.5 Å². The maximum absolute atomic E-state index is 5.50. The number of thiophene rings is 1. The third-order valence-corrected chi connectivity index (χ3v) is 6.69. The van der Waals surface area contributed by atoms with E-state index in [1.54, 1.807) is 11.3 Å². The van der Waals surface area contributed by atoms with E-state index in [0.717, 1.165) is 75.5 Å². The van der Waals surface area contributed by atoms with Crippen LogP contribution < -0.4 is 4.90 Å². The summed E-state index contributed by atoms with van der Waals surface area (Å²) in [5.74, 6) is 2.03. The Labute approximate surface area is 175 Å². The average molecular weight is 410 g/mol. The number of morpholine rings is 1. The summed E-state index contributed by atoms with van der Waals surface area (Å²) in [6.45, 7) is 8.42. The Kier molecular flexibility index (Phi) is 5.46. The number of nitrogens with zero attached hydrogens (tertiary/aromatic N) is 5. The van der Waals surface area contributed by atoms with Crippen molar-refractivity contribution in [3.8, 4) is 11.1 Å². The summed E-state index contributed by atoms with van der Waals surface area (Å²) < 4.78 is 5.50. The fourth-order valence-electron chi connectivity index (χ4n) is 4.07. The molecule has 6 nitrogen and oxygen atoms in total. The van der Waals surface area contributed by atoms with Crippen LogP contribution >= 0.6 is 11.3 Å². The van der Waals surface area contributed by atoms with Crippen LogP contribution in [0.3, 0.4) is 0 Å². The molecule has 2 aromatic heterocycles. The van der Waals surface area contributed by atoms with Gasteiger partial charge in [-0.1, -0.05) is 30.3 Å². The van der Waals surface area contributed by atoms with Crippen LogP contribution in [0.1, 0.15) is 5.82 Å². The minimum Gasteiger partial charge on any atom is -0.379 e. The SMILES string of the molecule is CN1CCN(c2nc(CN3CCOCC3)nc3scc(-c4ccccc4)c23)CC1. The predicted octanol–water partition coefficient (Wildman–Crippen LogP) is 2.94. The van der Waals surface area contributed by atoms with Gasteiger partial charge in [0.1, 0.15) is 16.5 Å². The van der Waals surface area contributed by atoms with Gasteiger partial charge in [-0.2, -0.15) is 0 Å². The number of hydrogen-bond donors (Lipinski definition) is 0. The van der Waals surface area contributed by atoms with E-state index in [1.165, 1.54) is 16.5 Å². The van der Waals surface area contributed by atoms with E-state index in [1.807, 2.05) is 0 Å². The Balaban J connectivity index is 1.57. The first kappa shape index (κ1) is 18.9. The van der Waals surface area contributed by atoms with Gasteiger partial charge in [0.2, 0.25) is 0 Å². The maximum Gasteiger partial charge on any atom is 0.146 e. The van der Waals surface area contributed by atoms with Crippen LogP contribution in [0.25, 0.3) is 21.3 Å². The Morgan fingerprint density at radius 1 is 0.966 bits per heavy atom. The number of ether oxygens (including phenoxy) is 1. The summed E-state index contributed by atoms with van der Waals surface area (Å²) in [5.41, 5.74) is 2.48. The third-order valence-electron chi connectivity index (χ3n) is 5.82. The number of anilines is 1. The summed E-state index contributed by atoms with van der Waals surface area (Å²) in [6, 6.07) is 10.6. The molecule has 2 aliphatic heterocycles. The zero-order chi connectivity index (χ0) is 19.6. The Morgan fingerprint density at radius 3 is 2.48 bits per heavy atom. The monoisotopic (exact) mass is 409 g/mol. The van der Waals surface area contributed by atoms with Crippen molar-refractivity contribution in [2.45, 2.75) is 6.54 Å². The smallest absolute Gasteiger partial charge is 0.146 e. The minimum absolute atomic E-state index is 0.790. The van der Waals surface area contributed by atoms with Crippen LogP contribution in [0.5, 0.6) is 0 Å². The van der Waals surface area contributed by atoms with Crippen LogP contribution in [0.2, 0.25) is 0 Å². The van der Waals surface area contributed by atoms with E-state index in [-0.39, 0.29) is 0 Å². The van der Waals surface area contributed by atoms with E-state index in [2.05, 4.69) is 57.5 Å².